The first-order valence-corrected chi connectivity index (χ1v) is 10.0. The smallest absolute Gasteiger partial charge is 0.253 e. The average molecular weight is 380 g/mol. The van der Waals surface area contributed by atoms with Crippen LogP contribution in [-0.4, -0.2) is 34.5 Å². The summed E-state index contributed by atoms with van der Waals surface area (Å²) in [5.41, 5.74) is 4.37. The van der Waals surface area contributed by atoms with Crippen molar-refractivity contribution in [2.45, 2.75) is 30.7 Å². The topological polar surface area (TPSA) is 38.1 Å². The highest BCUT2D eigenvalue weighted by Crippen LogP contribution is 2.28. The molecule has 0 atom stereocenters. The molecule has 2 aromatic carbocycles. The molecule has 1 aromatic heterocycles. The van der Waals surface area contributed by atoms with Crippen LogP contribution in [0.1, 0.15) is 41.3 Å². The lowest BCUT2D eigenvalue weighted by molar-refractivity contribution is 0.0827. The predicted octanol–water partition coefficient (Wildman–Crippen LogP) is 4.99. The van der Waals surface area contributed by atoms with E-state index in [1.807, 2.05) is 36.7 Å². The van der Waals surface area contributed by atoms with Crippen molar-refractivity contribution in [3.05, 3.63) is 77.6 Å². The number of hydrogen-bond donors (Lipinski definition) is 0. The SMILES string of the molecule is CC(C)c1ccccc1-n1ccnc1SCc1ccc(C(=O)N(C)C)cc1. The number of carbonyl (C=O) groups is 1. The quantitative estimate of drug-likeness (QED) is 0.566. The van der Waals surface area contributed by atoms with Gasteiger partial charge in [-0.3, -0.25) is 9.36 Å². The maximum absolute atomic E-state index is 12.0. The summed E-state index contributed by atoms with van der Waals surface area (Å²) in [6, 6.07) is 16.3. The van der Waals surface area contributed by atoms with Crippen molar-refractivity contribution in [3.63, 3.8) is 0 Å². The van der Waals surface area contributed by atoms with Crippen LogP contribution in [0.2, 0.25) is 0 Å². The van der Waals surface area contributed by atoms with Gasteiger partial charge in [0.15, 0.2) is 5.16 Å². The largest absolute Gasteiger partial charge is 0.345 e. The predicted molar refractivity (Wildman–Crippen MR) is 112 cm³/mol. The summed E-state index contributed by atoms with van der Waals surface area (Å²) in [6.07, 6.45) is 3.86. The van der Waals surface area contributed by atoms with Crippen LogP contribution in [0.25, 0.3) is 5.69 Å². The van der Waals surface area contributed by atoms with E-state index in [1.165, 1.54) is 16.8 Å². The number of carbonyl (C=O) groups excluding carboxylic acids is 1. The Labute approximate surface area is 165 Å². The number of thioether (sulfide) groups is 1. The van der Waals surface area contributed by atoms with Gasteiger partial charge >= 0.3 is 0 Å². The zero-order chi connectivity index (χ0) is 19.4. The van der Waals surface area contributed by atoms with E-state index in [0.717, 1.165) is 10.9 Å². The first-order valence-electron chi connectivity index (χ1n) is 9.03. The molecule has 4 nitrogen and oxygen atoms in total. The van der Waals surface area contributed by atoms with Crippen LogP contribution in [0.15, 0.2) is 66.1 Å². The molecule has 0 aliphatic rings. The highest BCUT2D eigenvalue weighted by Gasteiger charge is 2.12. The molecular weight excluding hydrogens is 354 g/mol. The Kier molecular flexibility index (Phi) is 6.01. The molecule has 0 unspecified atom stereocenters. The number of benzene rings is 2. The summed E-state index contributed by atoms with van der Waals surface area (Å²) in [4.78, 5) is 18.1. The molecule has 0 saturated carbocycles. The average Bonchev–Trinajstić information content (AvgIpc) is 3.14. The minimum absolute atomic E-state index is 0.0232. The summed E-state index contributed by atoms with van der Waals surface area (Å²) in [5.74, 6) is 1.27. The molecule has 27 heavy (non-hydrogen) atoms. The normalized spacial score (nSPS) is 11.0. The molecule has 1 amide bonds. The highest BCUT2D eigenvalue weighted by molar-refractivity contribution is 7.98. The maximum atomic E-state index is 12.0. The van der Waals surface area contributed by atoms with E-state index in [-0.39, 0.29) is 5.91 Å². The van der Waals surface area contributed by atoms with Crippen LogP contribution in [0.4, 0.5) is 0 Å². The van der Waals surface area contributed by atoms with Gasteiger partial charge in [-0.1, -0.05) is 55.9 Å². The molecular formula is C22H25N3OS. The number of nitrogens with zero attached hydrogens (tertiary/aromatic N) is 3. The Morgan fingerprint density at radius 2 is 1.81 bits per heavy atom. The number of hydrogen-bond acceptors (Lipinski definition) is 3. The third-order valence-corrected chi connectivity index (χ3v) is 5.44. The van der Waals surface area contributed by atoms with E-state index in [2.05, 4.69) is 47.7 Å². The summed E-state index contributed by atoms with van der Waals surface area (Å²) in [7, 11) is 3.53. The molecule has 0 radical (unpaired) electrons. The molecule has 0 N–H and O–H groups in total. The van der Waals surface area contributed by atoms with E-state index >= 15 is 0 Å². The number of amides is 1. The molecule has 0 aliphatic heterocycles. The monoisotopic (exact) mass is 379 g/mol. The summed E-state index contributed by atoms with van der Waals surface area (Å²) < 4.78 is 2.16. The zero-order valence-corrected chi connectivity index (χ0v) is 17.0. The van der Waals surface area contributed by atoms with Crippen LogP contribution >= 0.6 is 11.8 Å². The minimum Gasteiger partial charge on any atom is -0.345 e. The van der Waals surface area contributed by atoms with E-state index in [4.69, 9.17) is 0 Å². The Morgan fingerprint density at radius 1 is 1.11 bits per heavy atom. The highest BCUT2D eigenvalue weighted by atomic mass is 32.2. The fourth-order valence-electron chi connectivity index (χ4n) is 2.92. The third kappa shape index (κ3) is 4.42. The molecule has 0 spiro atoms. The molecule has 0 saturated heterocycles. The Morgan fingerprint density at radius 3 is 2.48 bits per heavy atom. The van der Waals surface area contributed by atoms with Gasteiger partial charge in [0.2, 0.25) is 0 Å². The standard InChI is InChI=1S/C22H25N3OS/c1-16(2)19-7-5-6-8-20(19)25-14-13-23-22(25)27-15-17-9-11-18(12-10-17)21(26)24(3)4/h5-14,16H,15H2,1-4H3. The van der Waals surface area contributed by atoms with Gasteiger partial charge in [0, 0.05) is 37.8 Å². The van der Waals surface area contributed by atoms with Crippen molar-refractivity contribution in [3.8, 4) is 5.69 Å². The van der Waals surface area contributed by atoms with Gasteiger partial charge in [-0.05, 0) is 35.2 Å². The van der Waals surface area contributed by atoms with E-state index < -0.39 is 0 Å². The Balaban J connectivity index is 1.76. The van der Waals surface area contributed by atoms with Crippen LogP contribution in [-0.2, 0) is 5.75 Å². The van der Waals surface area contributed by atoms with Gasteiger partial charge in [-0.2, -0.15) is 0 Å². The molecule has 140 valence electrons. The molecule has 0 fully saturated rings. The first kappa shape index (κ1) is 19.2. The van der Waals surface area contributed by atoms with Crippen LogP contribution < -0.4 is 0 Å². The maximum Gasteiger partial charge on any atom is 0.253 e. The number of imidazole rings is 1. The van der Waals surface area contributed by atoms with Gasteiger partial charge in [0.05, 0.1) is 5.69 Å². The summed E-state index contributed by atoms with van der Waals surface area (Å²) >= 11 is 1.70. The Hall–Kier alpha value is -2.53. The van der Waals surface area contributed by atoms with E-state index in [9.17, 15) is 4.79 Å². The van der Waals surface area contributed by atoms with Crippen molar-refractivity contribution in [1.82, 2.24) is 14.5 Å². The second-order valence-electron chi connectivity index (χ2n) is 6.98. The van der Waals surface area contributed by atoms with Gasteiger partial charge in [0.1, 0.15) is 0 Å². The Bertz CT molecular complexity index is 913. The number of aromatic nitrogens is 2. The molecule has 5 heteroatoms. The van der Waals surface area contributed by atoms with Gasteiger partial charge < -0.3 is 4.90 Å². The van der Waals surface area contributed by atoms with Gasteiger partial charge in [-0.25, -0.2) is 4.98 Å². The minimum atomic E-state index is 0.0232. The van der Waals surface area contributed by atoms with E-state index in [1.54, 1.807) is 30.8 Å². The first-order chi connectivity index (χ1) is 13.0. The molecule has 0 bridgehead atoms. The zero-order valence-electron chi connectivity index (χ0n) is 16.2. The van der Waals surface area contributed by atoms with Crippen molar-refractivity contribution in [2.75, 3.05) is 14.1 Å². The molecule has 0 aliphatic carbocycles. The van der Waals surface area contributed by atoms with E-state index in [0.29, 0.717) is 11.5 Å². The summed E-state index contributed by atoms with van der Waals surface area (Å²) in [6.45, 7) is 4.41. The fourth-order valence-corrected chi connectivity index (χ4v) is 3.85. The summed E-state index contributed by atoms with van der Waals surface area (Å²) in [5, 5.41) is 0.969. The fraction of sp³-hybridized carbons (Fsp3) is 0.273. The van der Waals surface area contributed by atoms with Crippen LogP contribution in [0, 0.1) is 0 Å². The lowest BCUT2D eigenvalue weighted by Crippen LogP contribution is -2.21. The van der Waals surface area contributed by atoms with Crippen molar-refractivity contribution < 1.29 is 4.79 Å². The molecule has 3 aromatic rings. The van der Waals surface area contributed by atoms with Crippen molar-refractivity contribution in [1.29, 1.82) is 0 Å². The molecule has 3 rings (SSSR count). The van der Waals surface area contributed by atoms with Gasteiger partial charge in [-0.15, -0.1) is 0 Å². The van der Waals surface area contributed by atoms with Gasteiger partial charge in [0.25, 0.3) is 5.91 Å². The second-order valence-corrected chi connectivity index (χ2v) is 7.92. The van der Waals surface area contributed by atoms with Crippen LogP contribution in [0.3, 0.4) is 0 Å². The molecule has 1 heterocycles. The van der Waals surface area contributed by atoms with Crippen molar-refractivity contribution >= 4 is 17.7 Å². The van der Waals surface area contributed by atoms with Crippen molar-refractivity contribution in [2.24, 2.45) is 0 Å². The van der Waals surface area contributed by atoms with Crippen LogP contribution in [0.5, 0.6) is 0 Å². The third-order valence-electron chi connectivity index (χ3n) is 4.40. The lowest BCUT2D eigenvalue weighted by Gasteiger charge is -2.15. The number of para-hydroxylation sites is 1. The number of rotatable bonds is 6. The lowest BCUT2D eigenvalue weighted by atomic mass is 10.0. The second kappa shape index (κ2) is 8.44.